The lowest BCUT2D eigenvalue weighted by molar-refractivity contribution is 0.550. The molecule has 0 aliphatic carbocycles. The van der Waals surface area contributed by atoms with Crippen LogP contribution in [0.5, 0.6) is 0 Å². The Morgan fingerprint density at radius 3 is 2.69 bits per heavy atom. The number of nitrogens with zero attached hydrogens (tertiary/aromatic N) is 7. The minimum absolute atomic E-state index is 0.258. The van der Waals surface area contributed by atoms with Gasteiger partial charge in [0.1, 0.15) is 11.5 Å². The molecule has 1 N–H and O–H groups in total. The zero-order valence-corrected chi connectivity index (χ0v) is 17.2. The number of anilines is 1. The topological polar surface area (TPSA) is 94.9 Å². The molecule has 1 fully saturated rings. The van der Waals surface area contributed by atoms with E-state index < -0.39 is 0 Å². The second-order valence-electron chi connectivity index (χ2n) is 7.57. The van der Waals surface area contributed by atoms with Gasteiger partial charge in [0, 0.05) is 77.9 Å². The molecule has 29 heavy (non-hydrogen) atoms. The molecule has 0 unspecified atom stereocenters. The van der Waals surface area contributed by atoms with Crippen LogP contribution in [0, 0.1) is 0 Å². The lowest BCUT2D eigenvalue weighted by Crippen LogP contribution is -2.40. The van der Waals surface area contributed by atoms with Crippen LogP contribution in [0.1, 0.15) is 12.0 Å². The summed E-state index contributed by atoms with van der Waals surface area (Å²) in [6.07, 6.45) is 4.72. The summed E-state index contributed by atoms with van der Waals surface area (Å²) >= 11 is 0. The van der Waals surface area contributed by atoms with Crippen molar-refractivity contribution in [2.24, 2.45) is 28.2 Å². The molecule has 154 valence electrons. The maximum absolute atomic E-state index is 12.2. The van der Waals surface area contributed by atoms with Crippen LogP contribution in [0.2, 0.25) is 0 Å². The third-order valence-corrected chi connectivity index (χ3v) is 5.56. The van der Waals surface area contributed by atoms with Crippen molar-refractivity contribution in [2.45, 2.75) is 19.0 Å². The molecule has 0 radical (unpaired) electrons. The van der Waals surface area contributed by atoms with Crippen molar-refractivity contribution in [2.75, 3.05) is 18.0 Å². The van der Waals surface area contributed by atoms with Crippen LogP contribution < -0.4 is 21.5 Å². The number of hydrogen-bond donors (Lipinski definition) is 1. The van der Waals surface area contributed by atoms with Gasteiger partial charge in [0.2, 0.25) is 0 Å². The first-order chi connectivity index (χ1) is 13.8. The summed E-state index contributed by atoms with van der Waals surface area (Å²) in [5.41, 5.74) is 2.42. The van der Waals surface area contributed by atoms with E-state index in [1.165, 1.54) is 17.7 Å². The molecule has 1 atom stereocenters. The SMILES string of the molecule is Cn1cc(CN[C@@H]2CCN(c3cc(=O)n(C)c(=O)n3C)C2)c(-c2ccnn2C)n1. The molecule has 10 nitrogen and oxygen atoms in total. The number of rotatable bonds is 5. The Hall–Kier alpha value is -3.14. The predicted octanol–water partition coefficient (Wildman–Crippen LogP) is -0.413. The van der Waals surface area contributed by atoms with Crippen molar-refractivity contribution in [3.63, 3.8) is 0 Å². The Labute approximate surface area is 168 Å². The van der Waals surface area contributed by atoms with Gasteiger partial charge >= 0.3 is 5.69 Å². The lowest BCUT2D eigenvalue weighted by atomic mass is 10.1. The second-order valence-corrected chi connectivity index (χ2v) is 7.57. The maximum Gasteiger partial charge on any atom is 0.332 e. The van der Waals surface area contributed by atoms with Crippen LogP contribution >= 0.6 is 0 Å². The zero-order valence-electron chi connectivity index (χ0n) is 17.2. The van der Waals surface area contributed by atoms with Crippen molar-refractivity contribution in [1.82, 2.24) is 34.0 Å². The van der Waals surface area contributed by atoms with Gasteiger partial charge in [-0.1, -0.05) is 0 Å². The van der Waals surface area contributed by atoms with Gasteiger partial charge in [0.05, 0.1) is 5.69 Å². The zero-order chi connectivity index (χ0) is 20.7. The lowest BCUT2D eigenvalue weighted by Gasteiger charge is -2.21. The van der Waals surface area contributed by atoms with E-state index in [1.54, 1.807) is 13.2 Å². The highest BCUT2D eigenvalue weighted by Crippen LogP contribution is 2.22. The van der Waals surface area contributed by atoms with Gasteiger partial charge < -0.3 is 10.2 Å². The first-order valence-electron chi connectivity index (χ1n) is 9.61. The quantitative estimate of drug-likeness (QED) is 0.628. The molecule has 0 saturated carbocycles. The minimum atomic E-state index is -0.305. The van der Waals surface area contributed by atoms with Crippen molar-refractivity contribution in [3.8, 4) is 11.4 Å². The number of aromatic nitrogens is 6. The summed E-state index contributed by atoms with van der Waals surface area (Å²) < 4.78 is 6.29. The van der Waals surface area contributed by atoms with Gasteiger partial charge in [-0.25, -0.2) is 4.79 Å². The van der Waals surface area contributed by atoms with E-state index in [2.05, 4.69) is 20.4 Å². The van der Waals surface area contributed by atoms with Crippen LogP contribution in [0.3, 0.4) is 0 Å². The summed E-state index contributed by atoms with van der Waals surface area (Å²) in [5.74, 6) is 0.666. The van der Waals surface area contributed by atoms with E-state index >= 15 is 0 Å². The molecular formula is C19H26N8O2. The molecule has 1 aliphatic heterocycles. The van der Waals surface area contributed by atoms with Gasteiger partial charge in [-0.3, -0.25) is 23.3 Å². The Morgan fingerprint density at radius 1 is 1.17 bits per heavy atom. The van der Waals surface area contributed by atoms with Crippen molar-refractivity contribution in [3.05, 3.63) is 50.9 Å². The highest BCUT2D eigenvalue weighted by Gasteiger charge is 2.25. The molecule has 3 aromatic heterocycles. The van der Waals surface area contributed by atoms with Gasteiger partial charge in [-0.05, 0) is 12.5 Å². The fourth-order valence-electron chi connectivity index (χ4n) is 3.90. The van der Waals surface area contributed by atoms with Crippen LogP contribution in [-0.2, 0) is 34.7 Å². The van der Waals surface area contributed by atoms with Crippen LogP contribution in [0.15, 0.2) is 34.1 Å². The van der Waals surface area contributed by atoms with E-state index in [9.17, 15) is 9.59 Å². The third kappa shape index (κ3) is 3.51. The highest BCUT2D eigenvalue weighted by atomic mass is 16.2. The molecule has 0 spiro atoms. The number of hydrogen-bond acceptors (Lipinski definition) is 6. The smallest absolute Gasteiger partial charge is 0.332 e. The average molecular weight is 398 g/mol. The number of nitrogens with one attached hydrogen (secondary N) is 1. The Balaban J connectivity index is 1.47. The molecule has 10 heteroatoms. The second kappa shape index (κ2) is 7.36. The molecule has 4 heterocycles. The largest absolute Gasteiger partial charge is 0.356 e. The van der Waals surface area contributed by atoms with E-state index in [1.807, 2.05) is 35.7 Å². The van der Waals surface area contributed by atoms with E-state index in [0.717, 1.165) is 41.0 Å². The molecule has 3 aromatic rings. The van der Waals surface area contributed by atoms with Crippen molar-refractivity contribution in [1.29, 1.82) is 0 Å². The molecule has 1 saturated heterocycles. The summed E-state index contributed by atoms with van der Waals surface area (Å²) in [7, 11) is 7.02. The number of aryl methyl sites for hydroxylation is 2. The molecule has 4 rings (SSSR count). The minimum Gasteiger partial charge on any atom is -0.356 e. The molecule has 0 bridgehead atoms. The fraction of sp³-hybridized carbons (Fsp3) is 0.474. The Morgan fingerprint density at radius 2 is 1.97 bits per heavy atom. The predicted molar refractivity (Wildman–Crippen MR) is 110 cm³/mol. The maximum atomic E-state index is 12.2. The molecule has 0 amide bonds. The van der Waals surface area contributed by atoms with Crippen LogP contribution in [0.4, 0.5) is 5.82 Å². The molecule has 0 aromatic carbocycles. The standard InChI is InChI=1S/C19H26N8O2/c1-23-11-13(18(22-23)15-5-7-21-26(15)4)10-20-14-6-8-27(12-14)16-9-17(28)25(3)19(29)24(16)2/h5,7,9,11,14,20H,6,8,10,12H2,1-4H3/t14-/m1/s1. The Bertz CT molecular complexity index is 1150. The van der Waals surface area contributed by atoms with E-state index in [-0.39, 0.29) is 17.3 Å². The monoisotopic (exact) mass is 398 g/mol. The first kappa shape index (κ1) is 19.2. The first-order valence-corrected chi connectivity index (χ1v) is 9.61. The average Bonchev–Trinajstić information content (AvgIpc) is 3.41. The van der Waals surface area contributed by atoms with Crippen molar-refractivity contribution >= 4 is 5.82 Å². The Kier molecular flexibility index (Phi) is 4.87. The van der Waals surface area contributed by atoms with Gasteiger partial charge in [0.25, 0.3) is 5.56 Å². The van der Waals surface area contributed by atoms with Crippen molar-refractivity contribution < 1.29 is 0 Å². The van der Waals surface area contributed by atoms with E-state index in [4.69, 9.17) is 0 Å². The summed E-state index contributed by atoms with van der Waals surface area (Å²) in [4.78, 5) is 26.3. The molecular weight excluding hydrogens is 372 g/mol. The van der Waals surface area contributed by atoms with Gasteiger partial charge in [-0.2, -0.15) is 10.2 Å². The third-order valence-electron chi connectivity index (χ3n) is 5.56. The normalized spacial score (nSPS) is 16.7. The van der Waals surface area contributed by atoms with Crippen LogP contribution in [-0.4, -0.2) is 47.8 Å². The summed E-state index contributed by atoms with van der Waals surface area (Å²) in [5, 5.41) is 12.4. The van der Waals surface area contributed by atoms with Gasteiger partial charge in [-0.15, -0.1) is 0 Å². The van der Waals surface area contributed by atoms with Gasteiger partial charge in [0.15, 0.2) is 0 Å². The summed E-state index contributed by atoms with van der Waals surface area (Å²) in [6.45, 7) is 2.21. The highest BCUT2D eigenvalue weighted by molar-refractivity contribution is 5.58. The molecule has 1 aliphatic rings. The van der Waals surface area contributed by atoms with Crippen LogP contribution in [0.25, 0.3) is 11.4 Å². The fourth-order valence-corrected chi connectivity index (χ4v) is 3.90. The summed E-state index contributed by atoms with van der Waals surface area (Å²) in [6, 6.07) is 3.75. The van der Waals surface area contributed by atoms with E-state index in [0.29, 0.717) is 12.4 Å².